The molecule has 3 aromatic rings. The molecule has 2 heterocycles. The molecular formula is C25H21N3O3. The summed E-state index contributed by atoms with van der Waals surface area (Å²) >= 11 is 0. The molecule has 0 saturated carbocycles. The van der Waals surface area contributed by atoms with Gasteiger partial charge in [0.05, 0.1) is 11.1 Å². The fraction of sp³-hybridized carbons (Fsp3) is 0.160. The Morgan fingerprint density at radius 3 is 2.48 bits per heavy atom. The zero-order valence-electron chi connectivity index (χ0n) is 16.9. The molecule has 0 bridgehead atoms. The lowest BCUT2D eigenvalue weighted by Gasteiger charge is -2.19. The first kappa shape index (κ1) is 19.1. The second-order valence-electron chi connectivity index (χ2n) is 7.84. The van der Waals surface area contributed by atoms with Crippen LogP contribution in [-0.4, -0.2) is 24.3 Å². The molecule has 0 aliphatic carbocycles. The van der Waals surface area contributed by atoms with E-state index in [0.29, 0.717) is 17.7 Å². The molecule has 3 amide bonds. The minimum atomic E-state index is -0.467. The second-order valence-corrected chi connectivity index (χ2v) is 7.84. The fourth-order valence-corrected chi connectivity index (χ4v) is 4.15. The molecule has 0 spiro atoms. The lowest BCUT2D eigenvalue weighted by Crippen LogP contribution is -2.23. The van der Waals surface area contributed by atoms with Crippen molar-refractivity contribution in [2.75, 3.05) is 11.4 Å². The van der Waals surface area contributed by atoms with Crippen LogP contribution >= 0.6 is 0 Å². The Morgan fingerprint density at radius 2 is 1.65 bits per heavy atom. The first-order chi connectivity index (χ1) is 15.1. The van der Waals surface area contributed by atoms with Gasteiger partial charge in [0.1, 0.15) is 0 Å². The van der Waals surface area contributed by atoms with Crippen LogP contribution in [0.25, 0.3) is 0 Å². The summed E-state index contributed by atoms with van der Waals surface area (Å²) < 4.78 is 0. The van der Waals surface area contributed by atoms with Gasteiger partial charge in [-0.15, -0.1) is 0 Å². The number of para-hydroxylation sites is 1. The van der Waals surface area contributed by atoms with Crippen molar-refractivity contribution in [1.29, 1.82) is 0 Å². The van der Waals surface area contributed by atoms with Gasteiger partial charge in [-0.3, -0.25) is 19.7 Å². The van der Waals surface area contributed by atoms with Gasteiger partial charge in [-0.1, -0.05) is 42.5 Å². The van der Waals surface area contributed by atoms with Crippen molar-refractivity contribution in [2.45, 2.75) is 19.5 Å². The summed E-state index contributed by atoms with van der Waals surface area (Å²) in [7, 11) is 0. The smallest absolute Gasteiger partial charge is 0.258 e. The summed E-state index contributed by atoms with van der Waals surface area (Å²) in [5, 5.41) is 5.10. The number of benzene rings is 3. The zero-order chi connectivity index (χ0) is 21.4. The molecule has 2 N–H and O–H groups in total. The van der Waals surface area contributed by atoms with Crippen molar-refractivity contribution in [3.8, 4) is 0 Å². The van der Waals surface area contributed by atoms with Crippen LogP contribution in [0.2, 0.25) is 0 Å². The maximum absolute atomic E-state index is 12.5. The highest BCUT2D eigenvalue weighted by Gasteiger charge is 2.27. The Kier molecular flexibility index (Phi) is 4.75. The highest BCUT2D eigenvalue weighted by Crippen LogP contribution is 2.28. The molecule has 31 heavy (non-hydrogen) atoms. The normalized spacial score (nSPS) is 14.3. The quantitative estimate of drug-likeness (QED) is 0.633. The van der Waals surface area contributed by atoms with Gasteiger partial charge in [-0.05, 0) is 47.4 Å². The molecule has 2 aliphatic rings. The predicted octanol–water partition coefficient (Wildman–Crippen LogP) is 3.06. The molecule has 3 aromatic carbocycles. The number of hydrogen-bond acceptors (Lipinski definition) is 4. The number of nitrogens with zero attached hydrogens (tertiary/aromatic N) is 1. The maximum atomic E-state index is 12.5. The first-order valence-electron chi connectivity index (χ1n) is 10.3. The molecule has 0 saturated heterocycles. The fourth-order valence-electron chi connectivity index (χ4n) is 4.15. The molecule has 0 unspecified atom stereocenters. The molecule has 0 atom stereocenters. The van der Waals surface area contributed by atoms with E-state index in [1.54, 1.807) is 6.07 Å². The summed E-state index contributed by atoms with van der Waals surface area (Å²) in [6, 6.07) is 21.3. The third-order valence-corrected chi connectivity index (χ3v) is 5.83. The molecule has 2 aliphatic heterocycles. The van der Waals surface area contributed by atoms with Crippen molar-refractivity contribution < 1.29 is 14.4 Å². The number of hydrogen-bond donors (Lipinski definition) is 2. The lowest BCUT2D eigenvalue weighted by atomic mass is 10.1. The topological polar surface area (TPSA) is 78.5 Å². The predicted molar refractivity (Wildman–Crippen MR) is 117 cm³/mol. The Morgan fingerprint density at radius 1 is 0.903 bits per heavy atom. The van der Waals surface area contributed by atoms with Gasteiger partial charge in [0.2, 0.25) is 0 Å². The molecule has 6 heteroatoms. The SMILES string of the molecule is O=C(NCc1ccc(CN2CCc3ccccc32)cc1)c1ccc2c(c1)C(=O)NC2=O. The monoisotopic (exact) mass is 411 g/mol. The molecule has 0 fully saturated rings. The van der Waals surface area contributed by atoms with Gasteiger partial charge < -0.3 is 10.2 Å². The summed E-state index contributed by atoms with van der Waals surface area (Å²) in [6.07, 6.45) is 1.08. The van der Waals surface area contributed by atoms with Crippen LogP contribution in [0, 0.1) is 0 Å². The van der Waals surface area contributed by atoms with Crippen molar-refractivity contribution in [1.82, 2.24) is 10.6 Å². The number of imide groups is 1. The number of anilines is 1. The third kappa shape index (κ3) is 3.68. The van der Waals surface area contributed by atoms with Crippen molar-refractivity contribution in [3.63, 3.8) is 0 Å². The highest BCUT2D eigenvalue weighted by molar-refractivity contribution is 6.22. The Hall–Kier alpha value is -3.93. The van der Waals surface area contributed by atoms with Crippen LogP contribution in [-0.2, 0) is 19.5 Å². The average Bonchev–Trinajstić information content (AvgIpc) is 3.33. The van der Waals surface area contributed by atoms with Gasteiger partial charge in [0, 0.05) is 30.9 Å². The lowest BCUT2D eigenvalue weighted by molar-refractivity contribution is 0.0878. The van der Waals surface area contributed by atoms with Gasteiger partial charge >= 0.3 is 0 Å². The number of fused-ring (bicyclic) bond motifs is 2. The van der Waals surface area contributed by atoms with Crippen LogP contribution in [0.1, 0.15) is 47.8 Å². The van der Waals surface area contributed by atoms with E-state index >= 15 is 0 Å². The van der Waals surface area contributed by atoms with Crippen molar-refractivity contribution in [2.24, 2.45) is 0 Å². The molecule has 154 valence electrons. The molecular weight excluding hydrogens is 390 g/mol. The van der Waals surface area contributed by atoms with Crippen LogP contribution in [0.4, 0.5) is 5.69 Å². The van der Waals surface area contributed by atoms with E-state index in [4.69, 9.17) is 0 Å². The first-order valence-corrected chi connectivity index (χ1v) is 10.3. The van der Waals surface area contributed by atoms with Crippen LogP contribution in [0.15, 0.2) is 66.7 Å². The van der Waals surface area contributed by atoms with Crippen LogP contribution in [0.5, 0.6) is 0 Å². The largest absolute Gasteiger partial charge is 0.367 e. The number of carbonyl (C=O) groups is 3. The van der Waals surface area contributed by atoms with E-state index in [2.05, 4.69) is 51.9 Å². The number of amides is 3. The summed E-state index contributed by atoms with van der Waals surface area (Å²) in [6.45, 7) is 2.27. The minimum absolute atomic E-state index is 0.241. The summed E-state index contributed by atoms with van der Waals surface area (Å²) in [4.78, 5) is 38.3. The summed E-state index contributed by atoms with van der Waals surface area (Å²) in [5.74, 6) is -1.18. The zero-order valence-corrected chi connectivity index (χ0v) is 16.9. The van der Waals surface area contributed by atoms with E-state index in [1.165, 1.54) is 28.9 Å². The van der Waals surface area contributed by atoms with Crippen molar-refractivity contribution >= 4 is 23.4 Å². The molecule has 0 radical (unpaired) electrons. The van der Waals surface area contributed by atoms with E-state index < -0.39 is 11.8 Å². The van der Waals surface area contributed by atoms with E-state index in [1.807, 2.05) is 12.1 Å². The van der Waals surface area contributed by atoms with Gasteiger partial charge in [0.15, 0.2) is 0 Å². The van der Waals surface area contributed by atoms with E-state index in [-0.39, 0.29) is 11.5 Å². The Labute approximate surface area is 179 Å². The van der Waals surface area contributed by atoms with Gasteiger partial charge in [-0.25, -0.2) is 0 Å². The number of nitrogens with one attached hydrogen (secondary N) is 2. The molecule has 5 rings (SSSR count). The van der Waals surface area contributed by atoms with E-state index in [9.17, 15) is 14.4 Å². The molecule has 6 nitrogen and oxygen atoms in total. The van der Waals surface area contributed by atoms with Crippen LogP contribution in [0.3, 0.4) is 0 Å². The third-order valence-electron chi connectivity index (χ3n) is 5.83. The summed E-state index contributed by atoms with van der Waals surface area (Å²) in [5.41, 5.74) is 5.82. The number of rotatable bonds is 5. The maximum Gasteiger partial charge on any atom is 0.258 e. The molecule has 0 aromatic heterocycles. The van der Waals surface area contributed by atoms with E-state index in [0.717, 1.165) is 25.1 Å². The van der Waals surface area contributed by atoms with Gasteiger partial charge in [0.25, 0.3) is 17.7 Å². The van der Waals surface area contributed by atoms with Crippen LogP contribution < -0.4 is 15.5 Å². The Balaban J connectivity index is 1.20. The highest BCUT2D eigenvalue weighted by atomic mass is 16.2. The average molecular weight is 411 g/mol. The second kappa shape index (κ2) is 7.72. The standard InChI is InChI=1S/C25H21N3O3/c29-23(19-9-10-20-21(13-19)25(31)27-24(20)30)26-14-16-5-7-17(8-6-16)15-28-12-11-18-3-1-2-4-22(18)28/h1-10,13H,11-12,14-15H2,(H,26,29)(H,27,30,31). The van der Waals surface area contributed by atoms with Gasteiger partial charge in [-0.2, -0.15) is 0 Å². The Bertz CT molecular complexity index is 1200. The van der Waals surface area contributed by atoms with Crippen molar-refractivity contribution in [3.05, 3.63) is 100 Å². The minimum Gasteiger partial charge on any atom is -0.367 e. The number of carbonyl (C=O) groups excluding carboxylic acids is 3.